The smallest absolute Gasteiger partial charge is 0.242 e. The van der Waals surface area contributed by atoms with Gasteiger partial charge in [-0.25, -0.2) is 0 Å². The van der Waals surface area contributed by atoms with Crippen LogP contribution < -0.4 is 5.32 Å². The molecule has 0 spiro atoms. The number of carbonyl (C=O) groups excluding carboxylic acids is 2. The lowest BCUT2D eigenvalue weighted by molar-refractivity contribution is -0.141. The number of rotatable bonds is 4. The van der Waals surface area contributed by atoms with Crippen LogP contribution in [-0.4, -0.2) is 41.6 Å². The van der Waals surface area contributed by atoms with Crippen molar-refractivity contribution >= 4 is 23.6 Å². The minimum Gasteiger partial charge on any atom is -0.353 e. The summed E-state index contributed by atoms with van der Waals surface area (Å²) in [5, 5.41) is 2.81. The van der Waals surface area contributed by atoms with E-state index in [4.69, 9.17) is 0 Å². The fraction of sp³-hybridized carbons (Fsp3) is 0.467. The number of hydrogen-bond donors (Lipinski definition) is 1. The van der Waals surface area contributed by atoms with Gasteiger partial charge in [-0.15, -0.1) is 11.8 Å². The zero-order valence-electron chi connectivity index (χ0n) is 11.9. The lowest BCUT2D eigenvalue weighted by Crippen LogP contribution is -2.57. The Morgan fingerprint density at radius 3 is 2.75 bits per heavy atom. The Kier molecular flexibility index (Phi) is 5.06. The summed E-state index contributed by atoms with van der Waals surface area (Å²) in [5.41, 5.74) is 1.21. The quantitative estimate of drug-likeness (QED) is 0.861. The number of amides is 2. The molecule has 1 heterocycles. The van der Waals surface area contributed by atoms with Crippen LogP contribution >= 0.6 is 11.8 Å². The molecule has 1 unspecified atom stereocenters. The van der Waals surface area contributed by atoms with Crippen LogP contribution in [0.3, 0.4) is 0 Å². The SMILES string of the molecule is CCC1C(=O)NCCN1C(=O)CSc1ccc(C)cc1. The van der Waals surface area contributed by atoms with Crippen molar-refractivity contribution in [2.24, 2.45) is 0 Å². The lowest BCUT2D eigenvalue weighted by atomic mass is 10.1. The number of thioether (sulfide) groups is 1. The van der Waals surface area contributed by atoms with Gasteiger partial charge in [0.05, 0.1) is 5.75 Å². The molecule has 20 heavy (non-hydrogen) atoms. The number of piperazine rings is 1. The molecule has 1 saturated heterocycles. The molecule has 4 nitrogen and oxygen atoms in total. The Morgan fingerprint density at radius 2 is 2.10 bits per heavy atom. The molecule has 0 saturated carbocycles. The van der Waals surface area contributed by atoms with Crippen molar-refractivity contribution in [3.05, 3.63) is 29.8 Å². The van der Waals surface area contributed by atoms with Crippen LogP contribution in [-0.2, 0) is 9.59 Å². The maximum Gasteiger partial charge on any atom is 0.242 e. The van der Waals surface area contributed by atoms with Crippen molar-refractivity contribution in [2.75, 3.05) is 18.8 Å². The van der Waals surface area contributed by atoms with Crippen LogP contribution in [0, 0.1) is 6.92 Å². The number of hydrogen-bond acceptors (Lipinski definition) is 3. The second-order valence-electron chi connectivity index (χ2n) is 4.90. The van der Waals surface area contributed by atoms with Crippen molar-refractivity contribution in [1.29, 1.82) is 0 Å². The van der Waals surface area contributed by atoms with Crippen molar-refractivity contribution in [2.45, 2.75) is 31.2 Å². The monoisotopic (exact) mass is 292 g/mol. The number of nitrogens with one attached hydrogen (secondary N) is 1. The molecule has 0 radical (unpaired) electrons. The highest BCUT2D eigenvalue weighted by Gasteiger charge is 2.31. The van der Waals surface area contributed by atoms with Crippen LogP contribution in [0.15, 0.2) is 29.2 Å². The van der Waals surface area contributed by atoms with Gasteiger partial charge >= 0.3 is 0 Å². The van der Waals surface area contributed by atoms with E-state index < -0.39 is 0 Å². The molecule has 0 bridgehead atoms. The van der Waals surface area contributed by atoms with Crippen LogP contribution in [0.25, 0.3) is 0 Å². The standard InChI is InChI=1S/C15H20N2O2S/c1-3-13-15(19)16-8-9-17(13)14(18)10-20-12-6-4-11(2)5-7-12/h4-7,13H,3,8-10H2,1-2H3,(H,16,19). The molecule has 2 rings (SSSR count). The number of nitrogens with zero attached hydrogens (tertiary/aromatic N) is 1. The minimum absolute atomic E-state index is 0.0348. The molecule has 1 aromatic carbocycles. The molecule has 1 aliphatic rings. The first-order chi connectivity index (χ1) is 9.61. The summed E-state index contributed by atoms with van der Waals surface area (Å²) < 4.78 is 0. The van der Waals surface area contributed by atoms with Crippen LogP contribution in [0.5, 0.6) is 0 Å². The Bertz CT molecular complexity index is 487. The average molecular weight is 292 g/mol. The summed E-state index contributed by atoms with van der Waals surface area (Å²) in [5.74, 6) is 0.386. The van der Waals surface area contributed by atoms with E-state index in [9.17, 15) is 9.59 Å². The number of carbonyl (C=O) groups is 2. The molecular formula is C15H20N2O2S. The third kappa shape index (κ3) is 3.54. The second kappa shape index (κ2) is 6.79. The van der Waals surface area contributed by atoms with Crippen molar-refractivity contribution < 1.29 is 9.59 Å². The highest BCUT2D eigenvalue weighted by Crippen LogP contribution is 2.20. The molecule has 1 N–H and O–H groups in total. The normalized spacial score (nSPS) is 18.8. The summed E-state index contributed by atoms with van der Waals surface area (Å²) in [4.78, 5) is 26.8. The van der Waals surface area contributed by atoms with Crippen LogP contribution in [0.2, 0.25) is 0 Å². The van der Waals surface area contributed by atoms with Gasteiger partial charge < -0.3 is 10.2 Å². The molecule has 108 valence electrons. The largest absolute Gasteiger partial charge is 0.353 e. The van der Waals surface area contributed by atoms with Gasteiger partial charge in [-0.05, 0) is 25.5 Å². The first-order valence-corrected chi connectivity index (χ1v) is 7.87. The van der Waals surface area contributed by atoms with E-state index in [1.165, 1.54) is 17.3 Å². The predicted octanol–water partition coefficient (Wildman–Crippen LogP) is 1.82. The Labute approximate surface area is 123 Å². The molecule has 2 amide bonds. The van der Waals surface area contributed by atoms with Gasteiger partial charge in [0, 0.05) is 18.0 Å². The molecule has 0 aromatic heterocycles. The van der Waals surface area contributed by atoms with E-state index in [1.807, 2.05) is 38.1 Å². The van der Waals surface area contributed by atoms with Gasteiger partial charge in [-0.3, -0.25) is 9.59 Å². The predicted molar refractivity (Wildman–Crippen MR) is 80.7 cm³/mol. The maximum absolute atomic E-state index is 12.3. The van der Waals surface area contributed by atoms with Crippen molar-refractivity contribution in [1.82, 2.24) is 10.2 Å². The average Bonchev–Trinajstić information content (AvgIpc) is 2.46. The van der Waals surface area contributed by atoms with Crippen LogP contribution in [0.1, 0.15) is 18.9 Å². The van der Waals surface area contributed by atoms with E-state index in [2.05, 4.69) is 5.32 Å². The van der Waals surface area contributed by atoms with E-state index in [0.29, 0.717) is 25.3 Å². The van der Waals surface area contributed by atoms with Gasteiger partial charge in [0.15, 0.2) is 0 Å². The van der Waals surface area contributed by atoms with Crippen molar-refractivity contribution in [3.8, 4) is 0 Å². The van der Waals surface area contributed by atoms with Gasteiger partial charge in [-0.2, -0.15) is 0 Å². The fourth-order valence-electron chi connectivity index (χ4n) is 2.28. The van der Waals surface area contributed by atoms with Gasteiger partial charge in [0.2, 0.25) is 11.8 Å². The van der Waals surface area contributed by atoms with Crippen LogP contribution in [0.4, 0.5) is 0 Å². The summed E-state index contributed by atoms with van der Waals surface area (Å²) in [7, 11) is 0. The molecule has 1 aromatic rings. The lowest BCUT2D eigenvalue weighted by Gasteiger charge is -2.34. The third-order valence-electron chi connectivity index (χ3n) is 3.42. The highest BCUT2D eigenvalue weighted by atomic mass is 32.2. The first-order valence-electron chi connectivity index (χ1n) is 6.88. The van der Waals surface area contributed by atoms with E-state index in [0.717, 1.165) is 4.90 Å². The summed E-state index contributed by atoms with van der Waals surface area (Å²) in [6, 6.07) is 7.81. The molecule has 1 fully saturated rings. The molecule has 5 heteroatoms. The third-order valence-corrected chi connectivity index (χ3v) is 4.42. The fourth-order valence-corrected chi connectivity index (χ4v) is 3.07. The van der Waals surface area contributed by atoms with Gasteiger partial charge in [0.1, 0.15) is 6.04 Å². The number of aryl methyl sites for hydroxylation is 1. The molecule has 1 atom stereocenters. The Balaban J connectivity index is 1.93. The van der Waals surface area contributed by atoms with E-state index in [1.54, 1.807) is 4.90 Å². The van der Waals surface area contributed by atoms with E-state index >= 15 is 0 Å². The first kappa shape index (κ1) is 14.9. The topological polar surface area (TPSA) is 49.4 Å². The highest BCUT2D eigenvalue weighted by molar-refractivity contribution is 8.00. The molecular weight excluding hydrogens is 272 g/mol. The summed E-state index contributed by atoms with van der Waals surface area (Å²) >= 11 is 1.52. The second-order valence-corrected chi connectivity index (χ2v) is 5.95. The molecule has 1 aliphatic heterocycles. The maximum atomic E-state index is 12.3. The zero-order valence-corrected chi connectivity index (χ0v) is 12.7. The Morgan fingerprint density at radius 1 is 1.40 bits per heavy atom. The summed E-state index contributed by atoms with van der Waals surface area (Å²) in [6.07, 6.45) is 0.659. The van der Waals surface area contributed by atoms with Crippen molar-refractivity contribution in [3.63, 3.8) is 0 Å². The molecule has 0 aliphatic carbocycles. The number of benzene rings is 1. The summed E-state index contributed by atoms with van der Waals surface area (Å²) in [6.45, 7) is 5.13. The van der Waals surface area contributed by atoms with Gasteiger partial charge in [0.25, 0.3) is 0 Å². The van der Waals surface area contributed by atoms with E-state index in [-0.39, 0.29) is 17.9 Å². The minimum atomic E-state index is -0.310. The van der Waals surface area contributed by atoms with Gasteiger partial charge in [-0.1, -0.05) is 24.6 Å². The zero-order chi connectivity index (χ0) is 14.5. The Hall–Kier alpha value is -1.49.